The molecule has 2 aliphatic heterocycles. The number of benzene rings is 2. The summed E-state index contributed by atoms with van der Waals surface area (Å²) < 4.78 is 10.7. The number of fused-ring (bicyclic) bond motifs is 2. The Bertz CT molecular complexity index is 1000. The summed E-state index contributed by atoms with van der Waals surface area (Å²) in [4.78, 5) is 18.9. The topological polar surface area (TPSA) is 51.7 Å². The third-order valence-electron chi connectivity index (χ3n) is 4.85. The Morgan fingerprint density at radius 3 is 2.65 bits per heavy atom. The van der Waals surface area contributed by atoms with E-state index in [1.807, 2.05) is 23.1 Å². The number of carbonyl (C=O) groups excluding carboxylic acids is 1. The standard InChI is InChI=1S/C21H16N2O3/c24-21(17-2-4-19-20(12-17)26-13-25-19)23-10-7-16-11-15(1-3-18(16)23)14-5-8-22-9-6-14/h1-6,8-9,11-12H,7,10,13H2. The van der Waals surface area contributed by atoms with Gasteiger partial charge in [-0.05, 0) is 65.6 Å². The van der Waals surface area contributed by atoms with Crippen molar-refractivity contribution in [1.82, 2.24) is 4.98 Å². The minimum atomic E-state index is -0.0151. The van der Waals surface area contributed by atoms with E-state index in [2.05, 4.69) is 17.1 Å². The Kier molecular flexibility index (Phi) is 3.38. The zero-order chi connectivity index (χ0) is 17.5. The first-order chi connectivity index (χ1) is 12.8. The van der Waals surface area contributed by atoms with Gasteiger partial charge in [0.15, 0.2) is 11.5 Å². The molecule has 1 amide bonds. The second-order valence-corrected chi connectivity index (χ2v) is 6.35. The average molecular weight is 344 g/mol. The summed E-state index contributed by atoms with van der Waals surface area (Å²) >= 11 is 0. The van der Waals surface area contributed by atoms with Crippen molar-refractivity contribution in [2.24, 2.45) is 0 Å². The van der Waals surface area contributed by atoms with E-state index in [1.165, 1.54) is 5.56 Å². The monoisotopic (exact) mass is 344 g/mol. The van der Waals surface area contributed by atoms with E-state index in [4.69, 9.17) is 9.47 Å². The third kappa shape index (κ3) is 2.40. The maximum absolute atomic E-state index is 13.0. The summed E-state index contributed by atoms with van der Waals surface area (Å²) in [7, 11) is 0. The van der Waals surface area contributed by atoms with Gasteiger partial charge in [0, 0.05) is 30.2 Å². The second kappa shape index (κ2) is 5.88. The lowest BCUT2D eigenvalue weighted by Gasteiger charge is -2.18. The molecule has 26 heavy (non-hydrogen) atoms. The van der Waals surface area contributed by atoms with E-state index in [0.717, 1.165) is 23.2 Å². The number of rotatable bonds is 2. The highest BCUT2D eigenvalue weighted by Crippen LogP contribution is 2.36. The normalized spacial score (nSPS) is 14.4. The molecule has 0 radical (unpaired) electrons. The fourth-order valence-corrected chi connectivity index (χ4v) is 3.52. The number of carbonyl (C=O) groups is 1. The van der Waals surface area contributed by atoms with Crippen LogP contribution in [0.15, 0.2) is 60.9 Å². The average Bonchev–Trinajstić information content (AvgIpc) is 3.33. The smallest absolute Gasteiger partial charge is 0.258 e. The molecule has 128 valence electrons. The highest BCUT2D eigenvalue weighted by molar-refractivity contribution is 6.07. The van der Waals surface area contributed by atoms with E-state index in [9.17, 15) is 4.79 Å². The lowest BCUT2D eigenvalue weighted by atomic mass is 10.0. The number of aromatic nitrogens is 1. The van der Waals surface area contributed by atoms with E-state index in [0.29, 0.717) is 23.6 Å². The van der Waals surface area contributed by atoms with Crippen LogP contribution in [0, 0.1) is 0 Å². The molecule has 0 bridgehead atoms. The van der Waals surface area contributed by atoms with Gasteiger partial charge in [-0.25, -0.2) is 0 Å². The molecule has 3 aromatic rings. The van der Waals surface area contributed by atoms with Gasteiger partial charge in [0.05, 0.1) is 0 Å². The van der Waals surface area contributed by atoms with Crippen LogP contribution < -0.4 is 14.4 Å². The first-order valence-electron chi connectivity index (χ1n) is 8.54. The fourth-order valence-electron chi connectivity index (χ4n) is 3.52. The number of anilines is 1. The van der Waals surface area contributed by atoms with E-state index in [-0.39, 0.29) is 12.7 Å². The molecule has 0 aliphatic carbocycles. The van der Waals surface area contributed by atoms with Gasteiger partial charge in [-0.2, -0.15) is 0 Å². The van der Waals surface area contributed by atoms with Gasteiger partial charge >= 0.3 is 0 Å². The van der Waals surface area contributed by atoms with Gasteiger partial charge in [0.1, 0.15) is 0 Å². The molecule has 0 saturated heterocycles. The number of amides is 1. The molecule has 3 heterocycles. The maximum Gasteiger partial charge on any atom is 0.258 e. The van der Waals surface area contributed by atoms with Gasteiger partial charge in [0.25, 0.3) is 5.91 Å². The molecule has 2 aromatic carbocycles. The summed E-state index contributed by atoms with van der Waals surface area (Å²) in [5, 5.41) is 0. The lowest BCUT2D eigenvalue weighted by Crippen LogP contribution is -2.28. The molecule has 0 fully saturated rings. The zero-order valence-corrected chi connectivity index (χ0v) is 14.0. The Balaban J connectivity index is 1.46. The van der Waals surface area contributed by atoms with Crippen LogP contribution in [0.5, 0.6) is 11.5 Å². The van der Waals surface area contributed by atoms with E-state index < -0.39 is 0 Å². The van der Waals surface area contributed by atoms with Gasteiger partial charge < -0.3 is 14.4 Å². The Hall–Kier alpha value is -3.34. The minimum absolute atomic E-state index is 0.0151. The third-order valence-corrected chi connectivity index (χ3v) is 4.85. The van der Waals surface area contributed by atoms with Gasteiger partial charge in [-0.15, -0.1) is 0 Å². The summed E-state index contributed by atoms with van der Waals surface area (Å²) in [5.41, 5.74) is 5.05. The van der Waals surface area contributed by atoms with Crippen molar-refractivity contribution >= 4 is 11.6 Å². The number of hydrogen-bond acceptors (Lipinski definition) is 4. The molecule has 0 saturated carbocycles. The highest BCUT2D eigenvalue weighted by atomic mass is 16.7. The van der Waals surface area contributed by atoms with Gasteiger partial charge in [0.2, 0.25) is 6.79 Å². The van der Waals surface area contributed by atoms with Gasteiger partial charge in [-0.1, -0.05) is 6.07 Å². The molecule has 5 rings (SSSR count). The maximum atomic E-state index is 13.0. The number of ether oxygens (including phenoxy) is 2. The van der Waals surface area contributed by atoms with Crippen LogP contribution in [0.2, 0.25) is 0 Å². The lowest BCUT2D eigenvalue weighted by molar-refractivity contribution is 0.0989. The molecule has 2 aliphatic rings. The Morgan fingerprint density at radius 1 is 0.923 bits per heavy atom. The van der Waals surface area contributed by atoms with Crippen molar-refractivity contribution in [2.45, 2.75) is 6.42 Å². The molecular formula is C21H16N2O3. The van der Waals surface area contributed by atoms with Crippen LogP contribution in [0.4, 0.5) is 5.69 Å². The Labute approximate surface area is 150 Å². The van der Waals surface area contributed by atoms with E-state index in [1.54, 1.807) is 30.6 Å². The number of pyridine rings is 1. The van der Waals surface area contributed by atoms with Crippen LogP contribution in [-0.4, -0.2) is 24.2 Å². The largest absolute Gasteiger partial charge is 0.454 e. The molecule has 0 spiro atoms. The molecule has 0 atom stereocenters. The fraction of sp³-hybridized carbons (Fsp3) is 0.143. The SMILES string of the molecule is O=C(c1ccc2c(c1)OCO2)N1CCc2cc(-c3ccncc3)ccc21. The van der Waals surface area contributed by atoms with Crippen molar-refractivity contribution < 1.29 is 14.3 Å². The molecule has 1 aromatic heterocycles. The molecule has 5 nitrogen and oxygen atoms in total. The van der Waals surface area contributed by atoms with Crippen LogP contribution in [-0.2, 0) is 6.42 Å². The van der Waals surface area contributed by atoms with Crippen molar-refractivity contribution in [3.8, 4) is 22.6 Å². The summed E-state index contributed by atoms with van der Waals surface area (Å²) in [6, 6.07) is 15.6. The first kappa shape index (κ1) is 15.0. The minimum Gasteiger partial charge on any atom is -0.454 e. The number of nitrogens with zero attached hydrogens (tertiary/aromatic N) is 2. The van der Waals surface area contributed by atoms with Crippen molar-refractivity contribution in [1.29, 1.82) is 0 Å². The molecule has 5 heteroatoms. The summed E-state index contributed by atoms with van der Waals surface area (Å²) in [5.74, 6) is 1.30. The first-order valence-corrected chi connectivity index (χ1v) is 8.54. The summed E-state index contributed by atoms with van der Waals surface area (Å²) in [6.45, 7) is 0.889. The second-order valence-electron chi connectivity index (χ2n) is 6.35. The predicted octanol–water partition coefficient (Wildman–Crippen LogP) is 3.68. The molecule has 0 N–H and O–H groups in total. The molecular weight excluding hydrogens is 328 g/mol. The molecule has 0 unspecified atom stereocenters. The Morgan fingerprint density at radius 2 is 1.77 bits per heavy atom. The van der Waals surface area contributed by atoms with Gasteiger partial charge in [-0.3, -0.25) is 9.78 Å². The van der Waals surface area contributed by atoms with Crippen molar-refractivity contribution in [3.63, 3.8) is 0 Å². The van der Waals surface area contributed by atoms with Crippen LogP contribution in [0.1, 0.15) is 15.9 Å². The number of hydrogen-bond donors (Lipinski definition) is 0. The van der Waals surface area contributed by atoms with E-state index >= 15 is 0 Å². The zero-order valence-electron chi connectivity index (χ0n) is 14.0. The quantitative estimate of drug-likeness (QED) is 0.712. The van der Waals surface area contributed by atoms with Crippen LogP contribution in [0.3, 0.4) is 0 Å². The van der Waals surface area contributed by atoms with Crippen LogP contribution >= 0.6 is 0 Å². The van der Waals surface area contributed by atoms with Crippen molar-refractivity contribution in [2.75, 3.05) is 18.2 Å². The van der Waals surface area contributed by atoms with Crippen molar-refractivity contribution in [3.05, 3.63) is 72.1 Å². The van der Waals surface area contributed by atoms with Crippen LogP contribution in [0.25, 0.3) is 11.1 Å². The summed E-state index contributed by atoms with van der Waals surface area (Å²) in [6.07, 6.45) is 4.43. The predicted molar refractivity (Wildman–Crippen MR) is 97.6 cm³/mol. The highest BCUT2D eigenvalue weighted by Gasteiger charge is 2.27.